The van der Waals surface area contributed by atoms with Crippen LogP contribution >= 0.6 is 23.5 Å². The SMILES string of the molecule is CC.CCc1cc(-c2ccc3c(NSc4ccccc4Cl)ncnn23)cc2cnc(NC3CCCCNC3)nc12. The Morgan fingerprint density at radius 2 is 1.98 bits per heavy atom. The molecule has 208 valence electrons. The number of nitrogens with zero attached hydrogens (tertiary/aromatic N) is 5. The van der Waals surface area contributed by atoms with Gasteiger partial charge in [0.05, 0.1) is 16.2 Å². The van der Waals surface area contributed by atoms with Crippen molar-refractivity contribution in [3.63, 3.8) is 0 Å². The summed E-state index contributed by atoms with van der Waals surface area (Å²) in [5.41, 5.74) is 5.10. The Morgan fingerprint density at radius 1 is 1.10 bits per heavy atom. The Balaban J connectivity index is 0.00000158. The summed E-state index contributed by atoms with van der Waals surface area (Å²) in [6.45, 7) is 8.18. The third kappa shape index (κ3) is 6.16. The second-order valence-corrected chi connectivity index (χ2v) is 10.7. The summed E-state index contributed by atoms with van der Waals surface area (Å²) in [7, 11) is 0. The molecule has 8 nitrogen and oxygen atoms in total. The molecule has 1 atom stereocenters. The van der Waals surface area contributed by atoms with Crippen molar-refractivity contribution in [2.45, 2.75) is 57.4 Å². The van der Waals surface area contributed by atoms with Crippen molar-refractivity contribution in [2.24, 2.45) is 0 Å². The summed E-state index contributed by atoms with van der Waals surface area (Å²) in [6.07, 6.45) is 7.92. The van der Waals surface area contributed by atoms with E-state index in [1.54, 1.807) is 6.33 Å². The van der Waals surface area contributed by atoms with Gasteiger partial charge in [0.2, 0.25) is 5.95 Å². The van der Waals surface area contributed by atoms with Crippen LogP contribution in [0.4, 0.5) is 11.8 Å². The number of nitrogens with one attached hydrogen (secondary N) is 3. The van der Waals surface area contributed by atoms with E-state index in [1.807, 2.05) is 54.9 Å². The molecule has 4 heterocycles. The number of rotatable bonds is 7. The minimum Gasteiger partial charge on any atom is -0.350 e. The molecule has 0 spiro atoms. The first kappa shape index (κ1) is 28.1. The van der Waals surface area contributed by atoms with Crippen molar-refractivity contribution >= 4 is 51.7 Å². The van der Waals surface area contributed by atoms with E-state index in [0.29, 0.717) is 17.0 Å². The molecule has 1 unspecified atom stereocenters. The highest BCUT2D eigenvalue weighted by Gasteiger charge is 2.16. The first-order chi connectivity index (χ1) is 19.7. The van der Waals surface area contributed by atoms with Gasteiger partial charge in [0.15, 0.2) is 5.82 Å². The van der Waals surface area contributed by atoms with Gasteiger partial charge in [-0.3, -0.25) is 0 Å². The van der Waals surface area contributed by atoms with Gasteiger partial charge in [-0.25, -0.2) is 19.5 Å². The van der Waals surface area contributed by atoms with Gasteiger partial charge in [0, 0.05) is 34.6 Å². The van der Waals surface area contributed by atoms with E-state index >= 15 is 0 Å². The van der Waals surface area contributed by atoms with Crippen LogP contribution in [0.3, 0.4) is 0 Å². The Morgan fingerprint density at radius 3 is 2.83 bits per heavy atom. The average Bonchev–Trinajstić information content (AvgIpc) is 3.27. The second kappa shape index (κ2) is 13.3. The molecule has 1 saturated heterocycles. The summed E-state index contributed by atoms with van der Waals surface area (Å²) in [4.78, 5) is 15.0. The third-order valence-electron chi connectivity index (χ3n) is 6.87. The van der Waals surface area contributed by atoms with E-state index in [9.17, 15) is 0 Å². The van der Waals surface area contributed by atoms with Gasteiger partial charge in [-0.1, -0.05) is 50.9 Å². The summed E-state index contributed by atoms with van der Waals surface area (Å²) in [5, 5.41) is 13.3. The standard InChI is InChI=1S/C28H29ClN8S.C2H6/c1-2-18-13-19(14-20-15-31-28(35-26(18)20)34-21-7-5-6-12-30-16-21)23-10-11-24-27(32-17-33-37(23)24)36-38-25-9-4-3-8-22(25)29;1-2/h3-4,8-11,13-15,17,21,30H,2,5-7,12,16H2,1H3,(H,31,34,35)(H,32,33,36);1-2H3. The third-order valence-corrected chi connectivity index (χ3v) is 8.18. The zero-order valence-corrected chi connectivity index (χ0v) is 24.7. The molecule has 0 amide bonds. The maximum atomic E-state index is 6.32. The molecule has 0 aliphatic carbocycles. The first-order valence-electron chi connectivity index (χ1n) is 14.0. The second-order valence-electron chi connectivity index (χ2n) is 9.42. The number of anilines is 2. The smallest absolute Gasteiger partial charge is 0.223 e. The quantitative estimate of drug-likeness (QED) is 0.175. The minimum atomic E-state index is 0.352. The summed E-state index contributed by atoms with van der Waals surface area (Å²) < 4.78 is 5.25. The molecule has 5 aromatic rings. The van der Waals surface area contributed by atoms with Crippen molar-refractivity contribution in [1.29, 1.82) is 0 Å². The molecule has 0 bridgehead atoms. The van der Waals surface area contributed by atoms with Gasteiger partial charge in [-0.15, -0.1) is 0 Å². The Labute approximate surface area is 244 Å². The van der Waals surface area contributed by atoms with Crippen LogP contribution in [0.1, 0.15) is 45.6 Å². The van der Waals surface area contributed by atoms with Crippen LogP contribution in [-0.2, 0) is 6.42 Å². The maximum absolute atomic E-state index is 6.32. The van der Waals surface area contributed by atoms with Crippen molar-refractivity contribution in [2.75, 3.05) is 23.1 Å². The molecule has 6 rings (SSSR count). The molecule has 1 aliphatic heterocycles. The van der Waals surface area contributed by atoms with Crippen molar-refractivity contribution < 1.29 is 0 Å². The predicted octanol–water partition coefficient (Wildman–Crippen LogP) is 7.25. The first-order valence-corrected chi connectivity index (χ1v) is 15.2. The molecule has 10 heteroatoms. The van der Waals surface area contributed by atoms with Gasteiger partial charge < -0.3 is 15.4 Å². The lowest BCUT2D eigenvalue weighted by molar-refractivity contribution is 0.631. The van der Waals surface area contributed by atoms with Crippen LogP contribution < -0.4 is 15.4 Å². The van der Waals surface area contributed by atoms with Crippen LogP contribution in [0.2, 0.25) is 5.02 Å². The number of hydrogen-bond acceptors (Lipinski definition) is 8. The van der Waals surface area contributed by atoms with Crippen LogP contribution in [0.15, 0.2) is 66.0 Å². The van der Waals surface area contributed by atoms with Gasteiger partial charge in [0.1, 0.15) is 11.8 Å². The number of aryl methyl sites for hydroxylation is 1. The number of fused-ring (bicyclic) bond motifs is 2. The fourth-order valence-electron chi connectivity index (χ4n) is 4.89. The number of aromatic nitrogens is 5. The zero-order valence-electron chi connectivity index (χ0n) is 23.1. The van der Waals surface area contributed by atoms with Gasteiger partial charge in [0.25, 0.3) is 0 Å². The molecule has 40 heavy (non-hydrogen) atoms. The van der Waals surface area contributed by atoms with Gasteiger partial charge in [-0.05, 0) is 79.7 Å². The van der Waals surface area contributed by atoms with E-state index in [0.717, 1.165) is 64.3 Å². The highest BCUT2D eigenvalue weighted by molar-refractivity contribution is 8.00. The van der Waals surface area contributed by atoms with E-state index in [1.165, 1.54) is 30.4 Å². The Hall–Kier alpha value is -3.40. The Bertz CT molecular complexity index is 1580. The summed E-state index contributed by atoms with van der Waals surface area (Å²) >= 11 is 7.75. The molecule has 3 aromatic heterocycles. The summed E-state index contributed by atoms with van der Waals surface area (Å²) in [6, 6.07) is 16.5. The predicted molar refractivity (Wildman–Crippen MR) is 167 cm³/mol. The van der Waals surface area contributed by atoms with Crippen LogP contribution in [-0.4, -0.2) is 43.7 Å². The normalized spacial score (nSPS) is 15.3. The van der Waals surface area contributed by atoms with E-state index in [-0.39, 0.29) is 0 Å². The fourth-order valence-corrected chi connectivity index (χ4v) is 5.82. The number of halogens is 1. The van der Waals surface area contributed by atoms with Crippen molar-refractivity contribution in [3.05, 3.63) is 71.6 Å². The lowest BCUT2D eigenvalue weighted by atomic mass is 10.0. The van der Waals surface area contributed by atoms with E-state index in [2.05, 4.69) is 55.5 Å². The topological polar surface area (TPSA) is 92.1 Å². The lowest BCUT2D eigenvalue weighted by Crippen LogP contribution is -2.31. The van der Waals surface area contributed by atoms with Crippen LogP contribution in [0.25, 0.3) is 27.7 Å². The summed E-state index contributed by atoms with van der Waals surface area (Å²) in [5.74, 6) is 1.42. The molecule has 0 saturated carbocycles. The van der Waals surface area contributed by atoms with Crippen LogP contribution in [0.5, 0.6) is 0 Å². The molecule has 1 aliphatic rings. The number of benzene rings is 2. The van der Waals surface area contributed by atoms with Crippen LogP contribution in [0, 0.1) is 0 Å². The lowest BCUT2D eigenvalue weighted by Gasteiger charge is -2.17. The zero-order chi connectivity index (χ0) is 27.9. The van der Waals surface area contributed by atoms with Crippen molar-refractivity contribution in [1.82, 2.24) is 29.9 Å². The molecule has 2 aromatic carbocycles. The molecule has 1 fully saturated rings. The largest absolute Gasteiger partial charge is 0.350 e. The number of hydrogen-bond donors (Lipinski definition) is 3. The molecule has 0 radical (unpaired) electrons. The Kier molecular flexibility index (Phi) is 9.36. The fraction of sp³-hybridized carbons (Fsp3) is 0.333. The molecule has 3 N–H and O–H groups in total. The van der Waals surface area contributed by atoms with E-state index < -0.39 is 0 Å². The maximum Gasteiger partial charge on any atom is 0.223 e. The van der Waals surface area contributed by atoms with Gasteiger partial charge >= 0.3 is 0 Å². The van der Waals surface area contributed by atoms with Crippen molar-refractivity contribution in [3.8, 4) is 11.3 Å². The monoisotopic (exact) mass is 574 g/mol. The van der Waals surface area contributed by atoms with Gasteiger partial charge in [-0.2, -0.15) is 5.10 Å². The molecular weight excluding hydrogens is 540 g/mol. The average molecular weight is 575 g/mol. The minimum absolute atomic E-state index is 0.352. The van der Waals surface area contributed by atoms with E-state index in [4.69, 9.17) is 16.6 Å². The molecular formula is C30H35ClN8S. The highest BCUT2D eigenvalue weighted by atomic mass is 35.5. The highest BCUT2D eigenvalue weighted by Crippen LogP contribution is 2.32.